The average molecular weight is 424 g/mol. The van der Waals surface area contributed by atoms with E-state index < -0.39 is 0 Å². The van der Waals surface area contributed by atoms with Crippen LogP contribution < -0.4 is 9.47 Å². The third-order valence-electron chi connectivity index (χ3n) is 5.48. The minimum absolute atomic E-state index is 0. The molecule has 3 aromatic rings. The van der Waals surface area contributed by atoms with Crippen molar-refractivity contribution in [3.05, 3.63) is 94.5 Å². The SMILES string of the molecule is COc1ccc(C(=O)c2ccc(CN3CCc4ccccc4C3)cc2)cc1OC.Cl. The van der Waals surface area contributed by atoms with Gasteiger partial charge in [0, 0.05) is 30.8 Å². The number of nitrogens with zero attached hydrogens (tertiary/aromatic N) is 1. The number of benzene rings is 3. The van der Waals surface area contributed by atoms with Crippen LogP contribution in [0.15, 0.2) is 66.7 Å². The largest absolute Gasteiger partial charge is 0.493 e. The Labute approximate surface area is 183 Å². The van der Waals surface area contributed by atoms with Gasteiger partial charge < -0.3 is 9.47 Å². The number of halogens is 1. The zero-order valence-corrected chi connectivity index (χ0v) is 18.1. The number of hydrogen-bond acceptors (Lipinski definition) is 4. The Balaban J connectivity index is 0.00000256. The summed E-state index contributed by atoms with van der Waals surface area (Å²) in [5, 5.41) is 0. The summed E-state index contributed by atoms with van der Waals surface area (Å²) in [4.78, 5) is 15.3. The highest BCUT2D eigenvalue weighted by atomic mass is 35.5. The molecular weight excluding hydrogens is 398 g/mol. The summed E-state index contributed by atoms with van der Waals surface area (Å²) in [7, 11) is 3.15. The van der Waals surface area contributed by atoms with Crippen molar-refractivity contribution < 1.29 is 14.3 Å². The first kappa shape index (κ1) is 21.9. The van der Waals surface area contributed by atoms with Gasteiger partial charge >= 0.3 is 0 Å². The highest BCUT2D eigenvalue weighted by Gasteiger charge is 2.16. The molecule has 4 nitrogen and oxygen atoms in total. The van der Waals surface area contributed by atoms with Crippen LogP contribution in [-0.4, -0.2) is 31.4 Å². The van der Waals surface area contributed by atoms with Crippen molar-refractivity contribution in [2.75, 3.05) is 20.8 Å². The van der Waals surface area contributed by atoms with Gasteiger partial charge in [0.25, 0.3) is 0 Å². The predicted molar refractivity (Wildman–Crippen MR) is 121 cm³/mol. The molecule has 1 aliphatic heterocycles. The first-order valence-electron chi connectivity index (χ1n) is 9.82. The molecule has 156 valence electrons. The van der Waals surface area contributed by atoms with E-state index in [0.717, 1.165) is 26.1 Å². The van der Waals surface area contributed by atoms with Crippen molar-refractivity contribution in [1.82, 2.24) is 4.90 Å². The molecule has 0 aliphatic carbocycles. The number of ketones is 1. The lowest BCUT2D eigenvalue weighted by Gasteiger charge is -2.28. The number of rotatable bonds is 6. The minimum Gasteiger partial charge on any atom is -0.493 e. The van der Waals surface area contributed by atoms with Gasteiger partial charge in [-0.3, -0.25) is 9.69 Å². The number of carbonyl (C=O) groups is 1. The molecule has 4 rings (SSSR count). The number of methoxy groups -OCH3 is 2. The van der Waals surface area contributed by atoms with Gasteiger partial charge in [0.15, 0.2) is 17.3 Å². The average Bonchev–Trinajstić information content (AvgIpc) is 2.78. The van der Waals surface area contributed by atoms with Crippen molar-refractivity contribution in [3.8, 4) is 11.5 Å². The molecular formula is C25H26ClNO3. The monoisotopic (exact) mass is 423 g/mol. The summed E-state index contributed by atoms with van der Waals surface area (Å²) in [6.07, 6.45) is 1.09. The summed E-state index contributed by atoms with van der Waals surface area (Å²) in [5.74, 6) is 1.15. The third-order valence-corrected chi connectivity index (χ3v) is 5.48. The Morgan fingerprint density at radius 1 is 0.867 bits per heavy atom. The van der Waals surface area contributed by atoms with Gasteiger partial charge in [-0.1, -0.05) is 48.5 Å². The standard InChI is InChI=1S/C25H25NO3.ClH/c1-28-23-12-11-21(15-24(23)29-2)25(27)20-9-7-18(8-10-20)16-26-14-13-19-5-3-4-6-22(19)17-26;/h3-12,15H,13-14,16-17H2,1-2H3;1H. The van der Waals surface area contributed by atoms with Gasteiger partial charge in [-0.05, 0) is 41.3 Å². The molecule has 0 spiro atoms. The fourth-order valence-corrected chi connectivity index (χ4v) is 3.85. The molecule has 0 fully saturated rings. The van der Waals surface area contributed by atoms with Crippen LogP contribution in [0.1, 0.15) is 32.6 Å². The number of fused-ring (bicyclic) bond motifs is 1. The second-order valence-electron chi connectivity index (χ2n) is 7.33. The van der Waals surface area contributed by atoms with E-state index in [0.29, 0.717) is 22.6 Å². The maximum Gasteiger partial charge on any atom is 0.193 e. The number of carbonyl (C=O) groups excluding carboxylic acids is 1. The lowest BCUT2D eigenvalue weighted by Crippen LogP contribution is -2.29. The summed E-state index contributed by atoms with van der Waals surface area (Å²) in [5.41, 5.74) is 5.35. The molecule has 30 heavy (non-hydrogen) atoms. The van der Waals surface area contributed by atoms with Gasteiger partial charge in [-0.15, -0.1) is 12.4 Å². The van der Waals surface area contributed by atoms with Crippen LogP contribution in [-0.2, 0) is 19.5 Å². The molecule has 0 atom stereocenters. The second kappa shape index (κ2) is 9.79. The molecule has 0 aromatic heterocycles. The Morgan fingerprint density at radius 3 is 2.23 bits per heavy atom. The highest BCUT2D eigenvalue weighted by Crippen LogP contribution is 2.28. The van der Waals surface area contributed by atoms with Crippen LogP contribution in [0.5, 0.6) is 11.5 Å². The number of hydrogen-bond donors (Lipinski definition) is 0. The van der Waals surface area contributed by atoms with Crippen LogP contribution in [0, 0.1) is 0 Å². The molecule has 5 heteroatoms. The van der Waals surface area contributed by atoms with Gasteiger partial charge in [0.2, 0.25) is 0 Å². The summed E-state index contributed by atoms with van der Waals surface area (Å²) >= 11 is 0. The Kier molecular flexibility index (Phi) is 7.14. The van der Waals surface area contributed by atoms with E-state index in [1.807, 2.05) is 12.1 Å². The van der Waals surface area contributed by atoms with Gasteiger partial charge in [-0.2, -0.15) is 0 Å². The first-order chi connectivity index (χ1) is 14.2. The van der Waals surface area contributed by atoms with Crippen LogP contribution in [0.4, 0.5) is 0 Å². The van der Waals surface area contributed by atoms with E-state index in [9.17, 15) is 4.79 Å². The smallest absolute Gasteiger partial charge is 0.193 e. The van der Waals surface area contributed by atoms with Gasteiger partial charge in [-0.25, -0.2) is 0 Å². The minimum atomic E-state index is -0.0237. The molecule has 3 aromatic carbocycles. The van der Waals surface area contributed by atoms with Crippen molar-refractivity contribution in [1.29, 1.82) is 0 Å². The van der Waals surface area contributed by atoms with Crippen LogP contribution in [0.3, 0.4) is 0 Å². The summed E-state index contributed by atoms with van der Waals surface area (Å²) in [6.45, 7) is 2.92. The van der Waals surface area contributed by atoms with Crippen molar-refractivity contribution in [3.63, 3.8) is 0 Å². The second-order valence-corrected chi connectivity index (χ2v) is 7.33. The molecule has 1 heterocycles. The maximum absolute atomic E-state index is 12.8. The van der Waals surface area contributed by atoms with E-state index >= 15 is 0 Å². The molecule has 0 saturated carbocycles. The maximum atomic E-state index is 12.8. The molecule has 0 radical (unpaired) electrons. The first-order valence-corrected chi connectivity index (χ1v) is 9.82. The summed E-state index contributed by atoms with van der Waals surface area (Å²) in [6, 6.07) is 21.8. The molecule has 0 saturated heterocycles. The van der Waals surface area contributed by atoms with Crippen molar-refractivity contribution >= 4 is 18.2 Å². The topological polar surface area (TPSA) is 38.8 Å². The zero-order chi connectivity index (χ0) is 20.2. The van der Waals surface area contributed by atoms with Gasteiger partial charge in [0.05, 0.1) is 14.2 Å². The Morgan fingerprint density at radius 2 is 1.53 bits per heavy atom. The van der Waals surface area contributed by atoms with Crippen molar-refractivity contribution in [2.24, 2.45) is 0 Å². The zero-order valence-electron chi connectivity index (χ0n) is 17.3. The Bertz CT molecular complexity index is 1020. The van der Waals surface area contributed by atoms with Crippen LogP contribution in [0.25, 0.3) is 0 Å². The number of ether oxygens (including phenoxy) is 2. The van der Waals surface area contributed by atoms with E-state index in [1.165, 1.54) is 16.7 Å². The molecule has 0 N–H and O–H groups in total. The van der Waals surface area contributed by atoms with E-state index in [2.05, 4.69) is 41.3 Å². The molecule has 0 bridgehead atoms. The fraction of sp³-hybridized carbons (Fsp3) is 0.240. The molecule has 1 aliphatic rings. The lowest BCUT2D eigenvalue weighted by molar-refractivity contribution is 0.103. The molecule has 0 amide bonds. The molecule has 0 unspecified atom stereocenters. The summed E-state index contributed by atoms with van der Waals surface area (Å²) < 4.78 is 10.6. The van der Waals surface area contributed by atoms with Gasteiger partial charge in [0.1, 0.15) is 0 Å². The lowest BCUT2D eigenvalue weighted by atomic mass is 9.99. The normalized spacial score (nSPS) is 13.1. The predicted octanol–water partition coefficient (Wildman–Crippen LogP) is 4.91. The van der Waals surface area contributed by atoms with Crippen molar-refractivity contribution in [2.45, 2.75) is 19.5 Å². The Hall–Kier alpha value is -2.82. The quantitative estimate of drug-likeness (QED) is 0.528. The van der Waals surface area contributed by atoms with Crippen LogP contribution >= 0.6 is 12.4 Å². The third kappa shape index (κ3) is 4.66. The van der Waals surface area contributed by atoms with E-state index in [1.54, 1.807) is 32.4 Å². The van der Waals surface area contributed by atoms with E-state index in [4.69, 9.17) is 9.47 Å². The highest BCUT2D eigenvalue weighted by molar-refractivity contribution is 6.09. The van der Waals surface area contributed by atoms with E-state index in [-0.39, 0.29) is 18.2 Å². The fourth-order valence-electron chi connectivity index (χ4n) is 3.85. The van der Waals surface area contributed by atoms with Crippen LogP contribution in [0.2, 0.25) is 0 Å².